The summed E-state index contributed by atoms with van der Waals surface area (Å²) in [6.45, 7) is 2.57. The maximum Gasteiger partial charge on any atom is 0.222 e. The van der Waals surface area contributed by atoms with Crippen molar-refractivity contribution >= 4 is 5.91 Å². The first-order chi connectivity index (χ1) is 7.31. The van der Waals surface area contributed by atoms with Gasteiger partial charge in [-0.1, -0.05) is 0 Å². The first-order valence-electron chi connectivity index (χ1n) is 6.27. The first kappa shape index (κ1) is 10.9. The predicted octanol–water partition coefficient (Wildman–Crippen LogP) is 1.39. The van der Waals surface area contributed by atoms with Gasteiger partial charge in [0.05, 0.1) is 0 Å². The lowest BCUT2D eigenvalue weighted by atomic mass is 9.85. The maximum atomic E-state index is 11.5. The van der Waals surface area contributed by atoms with Gasteiger partial charge < -0.3 is 10.2 Å². The monoisotopic (exact) mass is 210 g/mol. The largest absolute Gasteiger partial charge is 0.359 e. The van der Waals surface area contributed by atoms with Gasteiger partial charge in [-0.15, -0.1) is 0 Å². The van der Waals surface area contributed by atoms with Gasteiger partial charge >= 0.3 is 0 Å². The molecule has 15 heavy (non-hydrogen) atoms. The summed E-state index contributed by atoms with van der Waals surface area (Å²) >= 11 is 0. The molecule has 1 aliphatic heterocycles. The van der Waals surface area contributed by atoms with E-state index in [0.717, 1.165) is 18.9 Å². The lowest BCUT2D eigenvalue weighted by molar-refractivity contribution is -0.125. The van der Waals surface area contributed by atoms with Crippen LogP contribution in [-0.4, -0.2) is 37.0 Å². The number of amides is 1. The van der Waals surface area contributed by atoms with Crippen LogP contribution < -0.4 is 5.32 Å². The van der Waals surface area contributed by atoms with Crippen LogP contribution in [0, 0.1) is 5.92 Å². The SMILES string of the molecule is CNC(=O)C1CCC(N2CCCC2)CC1. The van der Waals surface area contributed by atoms with Crippen LogP contribution in [0.3, 0.4) is 0 Å². The van der Waals surface area contributed by atoms with E-state index >= 15 is 0 Å². The number of nitrogens with one attached hydrogen (secondary N) is 1. The van der Waals surface area contributed by atoms with Crippen molar-refractivity contribution in [3.05, 3.63) is 0 Å². The summed E-state index contributed by atoms with van der Waals surface area (Å²) in [6.07, 6.45) is 7.35. The molecule has 1 saturated heterocycles. The zero-order valence-corrected chi connectivity index (χ0v) is 9.67. The van der Waals surface area contributed by atoms with Crippen LogP contribution in [0.5, 0.6) is 0 Å². The third-order valence-electron chi connectivity index (χ3n) is 3.97. The minimum atomic E-state index is 0.245. The molecule has 3 nitrogen and oxygen atoms in total. The summed E-state index contributed by atoms with van der Waals surface area (Å²) in [4.78, 5) is 14.1. The summed E-state index contributed by atoms with van der Waals surface area (Å²) in [5.74, 6) is 0.531. The van der Waals surface area contributed by atoms with Gasteiger partial charge in [0.2, 0.25) is 5.91 Å². The molecule has 0 unspecified atom stereocenters. The summed E-state index contributed by atoms with van der Waals surface area (Å²) in [6, 6.07) is 0.772. The van der Waals surface area contributed by atoms with Crippen LogP contribution in [-0.2, 0) is 4.79 Å². The summed E-state index contributed by atoms with van der Waals surface area (Å²) in [5.41, 5.74) is 0. The molecule has 0 aromatic rings. The third kappa shape index (κ3) is 2.51. The Morgan fingerprint density at radius 1 is 1.13 bits per heavy atom. The van der Waals surface area contributed by atoms with E-state index in [0.29, 0.717) is 0 Å². The molecule has 2 fully saturated rings. The molecular formula is C12H22N2O. The molecule has 1 heterocycles. The van der Waals surface area contributed by atoms with Gasteiger partial charge in [0, 0.05) is 19.0 Å². The molecule has 1 saturated carbocycles. The molecular weight excluding hydrogens is 188 g/mol. The van der Waals surface area contributed by atoms with E-state index < -0.39 is 0 Å². The van der Waals surface area contributed by atoms with E-state index in [1.165, 1.54) is 38.8 Å². The second-order valence-corrected chi connectivity index (χ2v) is 4.86. The average molecular weight is 210 g/mol. The van der Waals surface area contributed by atoms with Gasteiger partial charge in [-0.3, -0.25) is 4.79 Å². The van der Waals surface area contributed by atoms with Crippen LogP contribution in [0.1, 0.15) is 38.5 Å². The highest BCUT2D eigenvalue weighted by molar-refractivity contribution is 5.78. The van der Waals surface area contributed by atoms with Crippen LogP contribution in [0.4, 0.5) is 0 Å². The molecule has 2 aliphatic rings. The molecule has 0 spiro atoms. The Hall–Kier alpha value is -0.570. The number of likely N-dealkylation sites (tertiary alicyclic amines) is 1. The van der Waals surface area contributed by atoms with Gasteiger partial charge in [0.25, 0.3) is 0 Å². The standard InChI is InChI=1S/C12H22N2O/c1-13-12(15)10-4-6-11(7-5-10)14-8-2-3-9-14/h10-11H,2-9H2,1H3,(H,13,15). The van der Waals surface area contributed by atoms with E-state index in [1.54, 1.807) is 7.05 Å². The topological polar surface area (TPSA) is 32.3 Å². The minimum absolute atomic E-state index is 0.245. The smallest absolute Gasteiger partial charge is 0.222 e. The molecule has 2 rings (SSSR count). The van der Waals surface area contributed by atoms with Gasteiger partial charge in [0.15, 0.2) is 0 Å². The highest BCUT2D eigenvalue weighted by Gasteiger charge is 2.29. The average Bonchev–Trinajstić information content (AvgIpc) is 2.82. The van der Waals surface area contributed by atoms with Crippen LogP contribution >= 0.6 is 0 Å². The number of rotatable bonds is 2. The van der Waals surface area contributed by atoms with Crippen molar-refractivity contribution in [2.75, 3.05) is 20.1 Å². The van der Waals surface area contributed by atoms with Gasteiger partial charge in [-0.2, -0.15) is 0 Å². The molecule has 0 radical (unpaired) electrons. The Balaban J connectivity index is 1.78. The van der Waals surface area contributed by atoms with Crippen LogP contribution in [0.2, 0.25) is 0 Å². The number of hydrogen-bond acceptors (Lipinski definition) is 2. The molecule has 1 aliphatic carbocycles. The fourth-order valence-electron chi connectivity index (χ4n) is 3.01. The fourth-order valence-corrected chi connectivity index (χ4v) is 3.01. The van der Waals surface area contributed by atoms with Gasteiger partial charge in [-0.05, 0) is 51.6 Å². The van der Waals surface area contributed by atoms with E-state index in [2.05, 4.69) is 10.2 Å². The zero-order valence-electron chi connectivity index (χ0n) is 9.67. The molecule has 0 aromatic heterocycles. The van der Waals surface area contributed by atoms with Crippen molar-refractivity contribution in [3.63, 3.8) is 0 Å². The summed E-state index contributed by atoms with van der Waals surface area (Å²) in [7, 11) is 1.74. The number of hydrogen-bond donors (Lipinski definition) is 1. The van der Waals surface area contributed by atoms with Crippen molar-refractivity contribution in [3.8, 4) is 0 Å². The second kappa shape index (κ2) is 4.97. The molecule has 1 N–H and O–H groups in total. The van der Waals surface area contributed by atoms with Crippen molar-refractivity contribution in [1.29, 1.82) is 0 Å². The molecule has 86 valence electrons. The van der Waals surface area contributed by atoms with E-state index in [1.807, 2.05) is 0 Å². The highest BCUT2D eigenvalue weighted by Crippen LogP contribution is 2.29. The molecule has 3 heteroatoms. The molecule has 0 atom stereocenters. The fraction of sp³-hybridized carbons (Fsp3) is 0.917. The molecule has 0 bridgehead atoms. The highest BCUT2D eigenvalue weighted by atomic mass is 16.1. The summed E-state index contributed by atoms with van der Waals surface area (Å²) < 4.78 is 0. The molecule has 0 aromatic carbocycles. The number of nitrogens with zero attached hydrogens (tertiary/aromatic N) is 1. The van der Waals surface area contributed by atoms with Gasteiger partial charge in [0.1, 0.15) is 0 Å². The quantitative estimate of drug-likeness (QED) is 0.747. The van der Waals surface area contributed by atoms with E-state index in [-0.39, 0.29) is 11.8 Å². The number of carbonyl (C=O) groups excluding carboxylic acids is 1. The number of carbonyl (C=O) groups is 1. The Morgan fingerprint density at radius 3 is 2.27 bits per heavy atom. The first-order valence-corrected chi connectivity index (χ1v) is 6.27. The lowest BCUT2D eigenvalue weighted by Crippen LogP contribution is -2.39. The van der Waals surface area contributed by atoms with Crippen LogP contribution in [0.25, 0.3) is 0 Å². The lowest BCUT2D eigenvalue weighted by Gasteiger charge is -2.33. The van der Waals surface area contributed by atoms with E-state index in [4.69, 9.17) is 0 Å². The Morgan fingerprint density at radius 2 is 1.73 bits per heavy atom. The van der Waals surface area contributed by atoms with Crippen LogP contribution in [0.15, 0.2) is 0 Å². The maximum absolute atomic E-state index is 11.5. The Kier molecular flexibility index (Phi) is 3.62. The van der Waals surface area contributed by atoms with Crippen molar-refractivity contribution in [2.45, 2.75) is 44.6 Å². The Bertz CT molecular complexity index is 216. The van der Waals surface area contributed by atoms with Crippen molar-refractivity contribution < 1.29 is 4.79 Å². The molecule has 1 amide bonds. The zero-order chi connectivity index (χ0) is 10.7. The van der Waals surface area contributed by atoms with Crippen molar-refractivity contribution in [1.82, 2.24) is 10.2 Å². The van der Waals surface area contributed by atoms with Crippen molar-refractivity contribution in [2.24, 2.45) is 5.92 Å². The predicted molar refractivity (Wildman–Crippen MR) is 60.6 cm³/mol. The third-order valence-corrected chi connectivity index (χ3v) is 3.97. The minimum Gasteiger partial charge on any atom is -0.359 e. The summed E-state index contributed by atoms with van der Waals surface area (Å²) in [5, 5.41) is 2.77. The Labute approximate surface area is 92.2 Å². The van der Waals surface area contributed by atoms with E-state index in [9.17, 15) is 4.79 Å². The second-order valence-electron chi connectivity index (χ2n) is 4.86. The normalized spacial score (nSPS) is 32.9. The van der Waals surface area contributed by atoms with Gasteiger partial charge in [-0.25, -0.2) is 0 Å².